The molecule has 0 aromatic rings. The van der Waals surface area contributed by atoms with E-state index in [0.29, 0.717) is 12.3 Å². The lowest BCUT2D eigenvalue weighted by Crippen LogP contribution is -2.11. The van der Waals surface area contributed by atoms with Crippen LogP contribution in [0.15, 0.2) is 24.3 Å². The molecule has 0 aromatic carbocycles. The Bertz CT molecular complexity index is 410. The third kappa shape index (κ3) is 6.53. The van der Waals surface area contributed by atoms with Gasteiger partial charge >= 0.3 is 5.97 Å². The van der Waals surface area contributed by atoms with Crippen molar-refractivity contribution in [2.24, 2.45) is 23.7 Å². The van der Waals surface area contributed by atoms with Crippen molar-refractivity contribution in [1.29, 1.82) is 0 Å². The van der Waals surface area contributed by atoms with Crippen LogP contribution in [0.3, 0.4) is 0 Å². The standard InChI is InChI=1S/C21H34O2/c1-2-3-4-5-6-7-11-19-14-18-13-17(16-21(22)23)10-8-9-12-20(19)15-18/h7-9,11,17-20H,2-6,10,12-16H2,1H3,(H,22,23)/t17?,18?,19-,20-/m0/s1. The van der Waals surface area contributed by atoms with E-state index >= 15 is 0 Å². The maximum Gasteiger partial charge on any atom is 0.303 e. The highest BCUT2D eigenvalue weighted by Crippen LogP contribution is 2.44. The van der Waals surface area contributed by atoms with Gasteiger partial charge in [0.25, 0.3) is 0 Å². The molecule has 2 heteroatoms. The van der Waals surface area contributed by atoms with E-state index in [4.69, 9.17) is 5.11 Å². The number of carbonyl (C=O) groups is 1. The Morgan fingerprint density at radius 2 is 1.96 bits per heavy atom. The molecule has 2 bridgehead atoms. The second-order valence-corrected chi connectivity index (χ2v) is 7.68. The molecule has 23 heavy (non-hydrogen) atoms. The van der Waals surface area contributed by atoms with Gasteiger partial charge in [0.2, 0.25) is 0 Å². The molecule has 2 unspecified atom stereocenters. The van der Waals surface area contributed by atoms with E-state index in [1.807, 2.05) is 0 Å². The van der Waals surface area contributed by atoms with Crippen LogP contribution in [0.4, 0.5) is 0 Å². The molecule has 0 heterocycles. The molecule has 2 rings (SSSR count). The van der Waals surface area contributed by atoms with Crippen LogP contribution in [-0.2, 0) is 4.79 Å². The minimum absolute atomic E-state index is 0.337. The van der Waals surface area contributed by atoms with E-state index in [0.717, 1.165) is 30.6 Å². The van der Waals surface area contributed by atoms with Gasteiger partial charge in [0.1, 0.15) is 0 Å². The summed E-state index contributed by atoms with van der Waals surface area (Å²) in [6, 6.07) is 0. The monoisotopic (exact) mass is 318 g/mol. The van der Waals surface area contributed by atoms with Crippen molar-refractivity contribution in [2.75, 3.05) is 0 Å². The van der Waals surface area contributed by atoms with Crippen LogP contribution < -0.4 is 0 Å². The molecule has 2 aliphatic rings. The van der Waals surface area contributed by atoms with Crippen molar-refractivity contribution in [3.8, 4) is 0 Å². The Balaban J connectivity index is 1.83. The molecule has 1 N–H and O–H groups in total. The summed E-state index contributed by atoms with van der Waals surface area (Å²) in [6.07, 6.45) is 22.2. The fourth-order valence-corrected chi connectivity index (χ4v) is 4.48. The van der Waals surface area contributed by atoms with Crippen LogP contribution >= 0.6 is 0 Å². The van der Waals surface area contributed by atoms with Crippen LogP contribution in [0.5, 0.6) is 0 Å². The van der Waals surface area contributed by atoms with Gasteiger partial charge in [-0.2, -0.15) is 0 Å². The molecule has 0 radical (unpaired) electrons. The summed E-state index contributed by atoms with van der Waals surface area (Å²) in [7, 11) is 0. The summed E-state index contributed by atoms with van der Waals surface area (Å²) in [5.41, 5.74) is 0. The lowest BCUT2D eigenvalue weighted by molar-refractivity contribution is -0.138. The molecule has 1 fully saturated rings. The van der Waals surface area contributed by atoms with E-state index in [9.17, 15) is 4.79 Å². The highest BCUT2D eigenvalue weighted by Gasteiger charge is 2.33. The van der Waals surface area contributed by atoms with Crippen molar-refractivity contribution >= 4 is 5.97 Å². The first-order chi connectivity index (χ1) is 11.2. The molecule has 0 spiro atoms. The molecular formula is C21H34O2. The van der Waals surface area contributed by atoms with Gasteiger partial charge in [-0.1, -0.05) is 50.5 Å². The zero-order chi connectivity index (χ0) is 16.5. The quantitative estimate of drug-likeness (QED) is 0.441. The topological polar surface area (TPSA) is 37.3 Å². The summed E-state index contributed by atoms with van der Waals surface area (Å²) in [6.45, 7) is 2.26. The van der Waals surface area contributed by atoms with E-state index in [2.05, 4.69) is 31.2 Å². The van der Waals surface area contributed by atoms with Crippen LogP contribution in [0, 0.1) is 23.7 Å². The fourth-order valence-electron chi connectivity index (χ4n) is 4.48. The Hall–Kier alpha value is -1.05. The number of hydrogen-bond acceptors (Lipinski definition) is 1. The lowest BCUT2D eigenvalue weighted by atomic mass is 9.88. The van der Waals surface area contributed by atoms with Crippen LogP contribution in [0.25, 0.3) is 0 Å². The maximum atomic E-state index is 11.0. The van der Waals surface area contributed by atoms with E-state index in [1.165, 1.54) is 51.4 Å². The number of carboxylic acid groups (broad SMARTS) is 1. The summed E-state index contributed by atoms with van der Waals surface area (Å²) in [4.78, 5) is 11.0. The van der Waals surface area contributed by atoms with Gasteiger partial charge in [0.05, 0.1) is 0 Å². The van der Waals surface area contributed by atoms with Gasteiger partial charge in [0.15, 0.2) is 0 Å². The number of allylic oxidation sites excluding steroid dienone is 4. The second kappa shape index (κ2) is 9.95. The number of unbranched alkanes of at least 4 members (excludes halogenated alkanes) is 4. The Morgan fingerprint density at radius 1 is 1.13 bits per heavy atom. The van der Waals surface area contributed by atoms with E-state index < -0.39 is 5.97 Å². The van der Waals surface area contributed by atoms with E-state index in [-0.39, 0.29) is 0 Å². The summed E-state index contributed by atoms with van der Waals surface area (Å²) < 4.78 is 0. The lowest BCUT2D eigenvalue weighted by Gasteiger charge is -2.17. The smallest absolute Gasteiger partial charge is 0.303 e. The molecule has 2 aliphatic carbocycles. The number of carboxylic acids is 1. The van der Waals surface area contributed by atoms with Crippen LogP contribution in [-0.4, -0.2) is 11.1 Å². The van der Waals surface area contributed by atoms with Gasteiger partial charge in [-0.05, 0) is 68.6 Å². The summed E-state index contributed by atoms with van der Waals surface area (Å²) in [5, 5.41) is 9.09. The first-order valence-corrected chi connectivity index (χ1v) is 9.72. The third-order valence-electron chi connectivity index (χ3n) is 5.66. The normalized spacial score (nSPS) is 31.0. The average molecular weight is 319 g/mol. The van der Waals surface area contributed by atoms with Gasteiger partial charge in [-0.25, -0.2) is 0 Å². The number of aliphatic carboxylic acids is 1. The average Bonchev–Trinajstić information content (AvgIpc) is 2.91. The van der Waals surface area contributed by atoms with Gasteiger partial charge in [-0.3, -0.25) is 4.79 Å². The molecule has 4 atom stereocenters. The zero-order valence-corrected chi connectivity index (χ0v) is 14.8. The minimum atomic E-state index is -0.638. The van der Waals surface area contributed by atoms with Crippen molar-refractivity contribution in [1.82, 2.24) is 0 Å². The SMILES string of the molecule is CCCCCCC=C[C@H]1CC2CC(CC(=O)O)CC=CC[C@H]1C2. The Morgan fingerprint density at radius 3 is 2.74 bits per heavy atom. The van der Waals surface area contributed by atoms with Gasteiger partial charge < -0.3 is 5.11 Å². The van der Waals surface area contributed by atoms with Crippen LogP contribution in [0.1, 0.15) is 77.6 Å². The number of rotatable bonds is 8. The fraction of sp³-hybridized carbons (Fsp3) is 0.762. The predicted octanol–water partition coefficient (Wildman–Crippen LogP) is 5.99. The number of hydrogen-bond donors (Lipinski definition) is 1. The number of fused-ring (bicyclic) bond motifs is 2. The molecule has 0 aromatic heterocycles. The van der Waals surface area contributed by atoms with Crippen molar-refractivity contribution in [3.63, 3.8) is 0 Å². The minimum Gasteiger partial charge on any atom is -0.481 e. The second-order valence-electron chi connectivity index (χ2n) is 7.68. The first-order valence-electron chi connectivity index (χ1n) is 9.72. The van der Waals surface area contributed by atoms with Crippen LogP contribution in [0.2, 0.25) is 0 Å². The largest absolute Gasteiger partial charge is 0.481 e. The summed E-state index contributed by atoms with van der Waals surface area (Å²) in [5.74, 6) is 1.94. The predicted molar refractivity (Wildman–Crippen MR) is 96.3 cm³/mol. The highest BCUT2D eigenvalue weighted by atomic mass is 16.4. The van der Waals surface area contributed by atoms with Gasteiger partial charge in [-0.15, -0.1) is 0 Å². The Kier molecular flexibility index (Phi) is 7.91. The molecule has 0 aliphatic heterocycles. The summed E-state index contributed by atoms with van der Waals surface area (Å²) >= 11 is 0. The maximum absolute atomic E-state index is 11.0. The molecule has 0 amide bonds. The molecule has 130 valence electrons. The molecule has 2 nitrogen and oxygen atoms in total. The first kappa shape index (κ1) is 18.3. The third-order valence-corrected chi connectivity index (χ3v) is 5.66. The Labute approximate surface area is 142 Å². The van der Waals surface area contributed by atoms with Crippen molar-refractivity contribution in [3.05, 3.63) is 24.3 Å². The molecular weight excluding hydrogens is 284 g/mol. The van der Waals surface area contributed by atoms with E-state index in [1.54, 1.807) is 0 Å². The van der Waals surface area contributed by atoms with Crippen molar-refractivity contribution in [2.45, 2.75) is 77.6 Å². The van der Waals surface area contributed by atoms with Crippen molar-refractivity contribution < 1.29 is 9.90 Å². The van der Waals surface area contributed by atoms with Gasteiger partial charge in [0, 0.05) is 6.42 Å². The molecule has 0 saturated heterocycles. The molecule has 1 saturated carbocycles. The highest BCUT2D eigenvalue weighted by molar-refractivity contribution is 5.67. The zero-order valence-electron chi connectivity index (χ0n) is 14.8.